The van der Waals surface area contributed by atoms with Crippen LogP contribution < -0.4 is 5.32 Å². The van der Waals surface area contributed by atoms with Crippen LogP contribution in [0.4, 0.5) is 8.78 Å². The topological polar surface area (TPSA) is 66.4 Å². The molecule has 3 atom stereocenters. The van der Waals surface area contributed by atoms with Gasteiger partial charge in [0.05, 0.1) is 0 Å². The monoisotopic (exact) mass is 263 g/mol. The Bertz CT molecular complexity index is 333. The Balaban J connectivity index is 2.60. The number of rotatable bonds is 5. The zero-order chi connectivity index (χ0) is 13.9. The van der Waals surface area contributed by atoms with Gasteiger partial charge in [-0.2, -0.15) is 0 Å². The second kappa shape index (κ2) is 5.63. The van der Waals surface area contributed by atoms with Crippen molar-refractivity contribution in [2.24, 2.45) is 11.8 Å². The van der Waals surface area contributed by atoms with Crippen molar-refractivity contribution in [3.8, 4) is 0 Å². The van der Waals surface area contributed by atoms with Crippen molar-refractivity contribution in [1.29, 1.82) is 0 Å². The molecule has 0 aromatic carbocycles. The van der Waals surface area contributed by atoms with E-state index >= 15 is 0 Å². The van der Waals surface area contributed by atoms with E-state index in [2.05, 4.69) is 5.32 Å². The molecule has 1 rings (SSSR count). The van der Waals surface area contributed by atoms with Gasteiger partial charge in [-0.25, -0.2) is 13.6 Å². The van der Waals surface area contributed by atoms with Crippen molar-refractivity contribution in [2.45, 2.75) is 51.5 Å². The van der Waals surface area contributed by atoms with Gasteiger partial charge in [-0.3, -0.25) is 4.79 Å². The van der Waals surface area contributed by atoms with Gasteiger partial charge in [0.15, 0.2) is 0 Å². The van der Waals surface area contributed by atoms with Gasteiger partial charge in [0.2, 0.25) is 11.8 Å². The lowest BCUT2D eigenvalue weighted by atomic mass is 9.98. The van der Waals surface area contributed by atoms with Gasteiger partial charge in [-0.05, 0) is 12.3 Å². The number of alkyl halides is 2. The highest BCUT2D eigenvalue weighted by atomic mass is 19.3. The standard InChI is InChI=1S/C12H19F2NO3/c1-3-7(2)9(11(17)18)15-10(16)8-4-5-12(13,14)6-8/h7-9H,3-6H2,1-2H3,(H,15,16)(H,17,18)/t7-,8?,9-/m0/s1. The number of aliphatic carboxylic acids is 1. The van der Waals surface area contributed by atoms with Crippen molar-refractivity contribution in [1.82, 2.24) is 5.32 Å². The van der Waals surface area contributed by atoms with Crippen LogP contribution in [0.1, 0.15) is 39.5 Å². The first-order valence-corrected chi connectivity index (χ1v) is 6.18. The highest BCUT2D eigenvalue weighted by molar-refractivity contribution is 5.85. The molecule has 0 saturated heterocycles. The van der Waals surface area contributed by atoms with Crippen LogP contribution in [0.15, 0.2) is 0 Å². The minimum absolute atomic E-state index is 0.117. The van der Waals surface area contributed by atoms with E-state index < -0.39 is 36.2 Å². The zero-order valence-corrected chi connectivity index (χ0v) is 10.6. The van der Waals surface area contributed by atoms with E-state index in [-0.39, 0.29) is 18.8 Å². The maximum absolute atomic E-state index is 13.0. The maximum atomic E-state index is 13.0. The third-order valence-electron chi connectivity index (χ3n) is 3.55. The van der Waals surface area contributed by atoms with E-state index in [0.717, 1.165) is 0 Å². The fourth-order valence-electron chi connectivity index (χ4n) is 2.13. The summed E-state index contributed by atoms with van der Waals surface area (Å²) in [6.45, 7) is 3.53. The van der Waals surface area contributed by atoms with Crippen molar-refractivity contribution >= 4 is 11.9 Å². The molecule has 0 aliphatic heterocycles. The summed E-state index contributed by atoms with van der Waals surface area (Å²) in [5.74, 6) is -5.49. The molecule has 2 N–H and O–H groups in total. The average molecular weight is 263 g/mol. The Hall–Kier alpha value is -1.20. The summed E-state index contributed by atoms with van der Waals surface area (Å²) in [7, 11) is 0. The molecule has 104 valence electrons. The van der Waals surface area contributed by atoms with E-state index in [9.17, 15) is 18.4 Å². The molecule has 4 nitrogen and oxygen atoms in total. The van der Waals surface area contributed by atoms with E-state index in [1.165, 1.54) is 0 Å². The molecule has 0 bridgehead atoms. The number of halogens is 2. The Morgan fingerprint density at radius 2 is 2.11 bits per heavy atom. The van der Waals surface area contributed by atoms with Crippen molar-refractivity contribution < 1.29 is 23.5 Å². The molecule has 18 heavy (non-hydrogen) atoms. The number of amides is 1. The molecule has 1 unspecified atom stereocenters. The molecule has 0 aromatic heterocycles. The number of carbonyl (C=O) groups is 2. The maximum Gasteiger partial charge on any atom is 0.326 e. The first kappa shape index (κ1) is 14.9. The summed E-state index contributed by atoms with van der Waals surface area (Å²) in [6, 6.07) is -1.00. The van der Waals surface area contributed by atoms with Crippen LogP contribution in [-0.2, 0) is 9.59 Å². The predicted molar refractivity (Wildman–Crippen MR) is 61.3 cm³/mol. The normalized spacial score (nSPS) is 25.4. The van der Waals surface area contributed by atoms with Gasteiger partial charge in [0, 0.05) is 18.8 Å². The molecule has 1 amide bonds. The van der Waals surface area contributed by atoms with Crippen molar-refractivity contribution in [3.63, 3.8) is 0 Å². The average Bonchev–Trinajstić information content (AvgIpc) is 2.64. The molecule has 6 heteroatoms. The van der Waals surface area contributed by atoms with E-state index in [0.29, 0.717) is 6.42 Å². The molecular formula is C12H19F2NO3. The van der Waals surface area contributed by atoms with Crippen LogP contribution >= 0.6 is 0 Å². The summed E-state index contributed by atoms with van der Waals surface area (Å²) in [5.41, 5.74) is 0. The quantitative estimate of drug-likeness (QED) is 0.797. The van der Waals surface area contributed by atoms with Gasteiger partial charge in [0.25, 0.3) is 0 Å². The second-order valence-corrected chi connectivity index (χ2v) is 5.01. The molecule has 0 spiro atoms. The Kier molecular flexibility index (Phi) is 4.65. The number of hydrogen-bond acceptors (Lipinski definition) is 2. The van der Waals surface area contributed by atoms with Crippen molar-refractivity contribution in [3.05, 3.63) is 0 Å². The fourth-order valence-corrected chi connectivity index (χ4v) is 2.13. The molecule has 1 saturated carbocycles. The molecule has 1 aliphatic rings. The van der Waals surface area contributed by atoms with Gasteiger partial charge < -0.3 is 10.4 Å². The first-order chi connectivity index (χ1) is 8.26. The van der Waals surface area contributed by atoms with Gasteiger partial charge >= 0.3 is 5.97 Å². The van der Waals surface area contributed by atoms with E-state index in [1.54, 1.807) is 6.92 Å². The highest BCUT2D eigenvalue weighted by Crippen LogP contribution is 2.38. The number of nitrogens with one attached hydrogen (secondary N) is 1. The number of carboxylic acids is 1. The number of carboxylic acid groups (broad SMARTS) is 1. The van der Waals surface area contributed by atoms with Crippen molar-refractivity contribution in [2.75, 3.05) is 0 Å². The highest BCUT2D eigenvalue weighted by Gasteiger charge is 2.43. The third kappa shape index (κ3) is 3.65. The first-order valence-electron chi connectivity index (χ1n) is 6.18. The summed E-state index contributed by atoms with van der Waals surface area (Å²) in [6.07, 6.45) is -0.0679. The largest absolute Gasteiger partial charge is 0.480 e. The zero-order valence-electron chi connectivity index (χ0n) is 10.6. The molecule has 1 fully saturated rings. The van der Waals surface area contributed by atoms with Crippen LogP contribution in [0.3, 0.4) is 0 Å². The minimum Gasteiger partial charge on any atom is -0.480 e. The molecule has 0 aromatic rings. The van der Waals surface area contributed by atoms with Gasteiger partial charge in [-0.15, -0.1) is 0 Å². The van der Waals surface area contributed by atoms with Gasteiger partial charge in [-0.1, -0.05) is 20.3 Å². The summed E-state index contributed by atoms with van der Waals surface area (Å²) in [4.78, 5) is 22.8. The van der Waals surface area contributed by atoms with Gasteiger partial charge in [0.1, 0.15) is 6.04 Å². The Morgan fingerprint density at radius 1 is 1.50 bits per heavy atom. The van der Waals surface area contributed by atoms with Crippen LogP contribution in [0, 0.1) is 11.8 Å². The number of carbonyl (C=O) groups excluding carboxylic acids is 1. The molecule has 0 radical (unpaired) electrons. The van der Waals surface area contributed by atoms with Crippen LogP contribution in [0.25, 0.3) is 0 Å². The Labute approximate surface area is 105 Å². The minimum atomic E-state index is -2.79. The Morgan fingerprint density at radius 3 is 2.50 bits per heavy atom. The fraction of sp³-hybridized carbons (Fsp3) is 0.833. The summed E-state index contributed by atoms with van der Waals surface area (Å²) in [5, 5.41) is 11.4. The predicted octanol–water partition coefficient (Wildman–Crippen LogP) is 2.04. The van der Waals surface area contributed by atoms with Crippen LogP contribution in [-0.4, -0.2) is 28.9 Å². The van der Waals surface area contributed by atoms with E-state index in [4.69, 9.17) is 5.11 Å². The second-order valence-electron chi connectivity index (χ2n) is 5.01. The lowest BCUT2D eigenvalue weighted by Crippen LogP contribution is -2.47. The van der Waals surface area contributed by atoms with Crippen LogP contribution in [0.2, 0.25) is 0 Å². The lowest BCUT2D eigenvalue weighted by Gasteiger charge is -2.22. The van der Waals surface area contributed by atoms with E-state index in [1.807, 2.05) is 6.92 Å². The van der Waals surface area contributed by atoms with Crippen LogP contribution in [0.5, 0.6) is 0 Å². The summed E-state index contributed by atoms with van der Waals surface area (Å²) < 4.78 is 26.0. The SMILES string of the molecule is CC[C@H](C)[C@H](NC(=O)C1CCC(F)(F)C1)C(=O)O. The third-order valence-corrected chi connectivity index (χ3v) is 3.55. The molecule has 0 heterocycles. The smallest absolute Gasteiger partial charge is 0.326 e. The number of hydrogen-bond donors (Lipinski definition) is 2. The molecule has 1 aliphatic carbocycles. The molecular weight excluding hydrogens is 244 g/mol. The summed E-state index contributed by atoms with van der Waals surface area (Å²) >= 11 is 0. The lowest BCUT2D eigenvalue weighted by molar-refractivity contribution is -0.144.